The van der Waals surface area contributed by atoms with E-state index in [0.717, 1.165) is 29.5 Å². The van der Waals surface area contributed by atoms with Crippen LogP contribution in [0.1, 0.15) is 70.5 Å². The Hall–Kier alpha value is -1.10. The zero-order valence-electron chi connectivity index (χ0n) is 14.2. The zero-order valence-corrected chi connectivity index (χ0v) is 15.1. The number of nitrogens with zero attached hydrogens (tertiary/aromatic N) is 1. The summed E-state index contributed by atoms with van der Waals surface area (Å²) < 4.78 is 0. The summed E-state index contributed by atoms with van der Waals surface area (Å²) in [6, 6.07) is 0.272. The number of urea groups is 1. The van der Waals surface area contributed by atoms with Crippen molar-refractivity contribution in [1.82, 2.24) is 15.6 Å². The first kappa shape index (κ1) is 17.3. The normalized spacial score (nSPS) is 22.4. The molecule has 5 heteroatoms. The third-order valence-corrected chi connectivity index (χ3v) is 5.70. The van der Waals surface area contributed by atoms with Crippen LogP contribution in [0.2, 0.25) is 0 Å². The molecule has 0 spiro atoms. The fraction of sp³-hybridized carbons (Fsp3) is 0.765. The van der Waals surface area contributed by atoms with Gasteiger partial charge in [0.05, 0.1) is 17.2 Å². The number of hydrogen-bond donors (Lipinski definition) is 2. The topological polar surface area (TPSA) is 54.0 Å². The molecule has 4 nitrogen and oxygen atoms in total. The first-order valence-electron chi connectivity index (χ1n) is 8.37. The summed E-state index contributed by atoms with van der Waals surface area (Å²) in [5, 5.41) is 9.18. The van der Waals surface area contributed by atoms with Gasteiger partial charge in [-0.2, -0.15) is 0 Å². The number of carbonyl (C=O) groups is 1. The molecular formula is C17H29N3OS. The number of nitrogens with one attached hydrogen (secondary N) is 2. The average molecular weight is 324 g/mol. The predicted molar refractivity (Wildman–Crippen MR) is 92.2 cm³/mol. The first-order valence-corrected chi connectivity index (χ1v) is 9.25. The Kier molecular flexibility index (Phi) is 5.84. The van der Waals surface area contributed by atoms with Crippen molar-refractivity contribution >= 4 is 17.4 Å². The molecule has 0 radical (unpaired) electrons. The van der Waals surface area contributed by atoms with Gasteiger partial charge in [-0.25, -0.2) is 9.78 Å². The minimum atomic E-state index is -0.0646. The summed E-state index contributed by atoms with van der Waals surface area (Å²) in [6.45, 7) is 9.22. The molecule has 1 aromatic heterocycles. The number of hydrogen-bond acceptors (Lipinski definition) is 3. The van der Waals surface area contributed by atoms with Crippen molar-refractivity contribution in [2.24, 2.45) is 5.92 Å². The van der Waals surface area contributed by atoms with Crippen LogP contribution in [0.15, 0.2) is 5.38 Å². The van der Waals surface area contributed by atoms with E-state index in [1.165, 1.54) is 19.3 Å². The molecule has 2 N–H and O–H groups in total. The van der Waals surface area contributed by atoms with E-state index in [1.807, 2.05) is 5.38 Å². The van der Waals surface area contributed by atoms with Crippen LogP contribution in [0.3, 0.4) is 0 Å². The van der Waals surface area contributed by atoms with Crippen LogP contribution in [-0.4, -0.2) is 17.1 Å². The van der Waals surface area contributed by atoms with E-state index in [0.29, 0.717) is 12.6 Å². The van der Waals surface area contributed by atoms with Crippen LogP contribution in [0.5, 0.6) is 0 Å². The Bertz CT molecular complexity index is 484. The second-order valence-electron chi connectivity index (χ2n) is 7.35. The first-order chi connectivity index (χ1) is 10.4. The summed E-state index contributed by atoms with van der Waals surface area (Å²) >= 11 is 1.66. The fourth-order valence-corrected chi connectivity index (χ4v) is 3.76. The maximum absolute atomic E-state index is 12.0. The van der Waals surface area contributed by atoms with Gasteiger partial charge in [0.2, 0.25) is 0 Å². The predicted octanol–water partition coefficient (Wildman–Crippen LogP) is 4.21. The van der Waals surface area contributed by atoms with Crippen molar-refractivity contribution in [2.75, 3.05) is 0 Å². The van der Waals surface area contributed by atoms with E-state index in [9.17, 15) is 4.79 Å². The van der Waals surface area contributed by atoms with Crippen molar-refractivity contribution in [1.29, 1.82) is 0 Å². The van der Waals surface area contributed by atoms with Crippen LogP contribution in [0, 0.1) is 5.92 Å². The van der Waals surface area contributed by atoms with Gasteiger partial charge in [-0.05, 0) is 31.6 Å². The van der Waals surface area contributed by atoms with Gasteiger partial charge in [0, 0.05) is 16.8 Å². The quantitative estimate of drug-likeness (QED) is 0.872. The number of amides is 2. The smallest absolute Gasteiger partial charge is 0.315 e. The zero-order chi connectivity index (χ0) is 16.2. The van der Waals surface area contributed by atoms with Gasteiger partial charge in [-0.3, -0.25) is 0 Å². The minimum absolute atomic E-state index is 0.0646. The molecule has 2 amide bonds. The summed E-state index contributed by atoms with van der Waals surface area (Å²) in [5.74, 6) is 0.854. The van der Waals surface area contributed by atoms with E-state index in [1.54, 1.807) is 11.3 Å². The summed E-state index contributed by atoms with van der Waals surface area (Å²) in [5.41, 5.74) is 1.02. The second kappa shape index (κ2) is 7.44. The maximum atomic E-state index is 12.0. The number of rotatable bonds is 4. The van der Waals surface area contributed by atoms with Crippen molar-refractivity contribution in [2.45, 2.75) is 77.8 Å². The number of carbonyl (C=O) groups excluding carboxylic acids is 1. The van der Waals surface area contributed by atoms with Crippen molar-refractivity contribution in [3.8, 4) is 0 Å². The highest BCUT2D eigenvalue weighted by molar-refractivity contribution is 7.09. The molecule has 0 saturated heterocycles. The molecule has 1 heterocycles. The van der Waals surface area contributed by atoms with Gasteiger partial charge in [0.1, 0.15) is 0 Å². The third kappa shape index (κ3) is 4.97. The fourth-order valence-electron chi connectivity index (χ4n) is 2.85. The Balaban J connectivity index is 1.73. The molecule has 0 aromatic carbocycles. The molecule has 0 atom stereocenters. The van der Waals surface area contributed by atoms with E-state index >= 15 is 0 Å². The third-order valence-electron chi connectivity index (χ3n) is 4.38. The highest BCUT2D eigenvalue weighted by atomic mass is 32.1. The lowest BCUT2D eigenvalue weighted by atomic mass is 9.85. The molecule has 22 heavy (non-hydrogen) atoms. The molecular weight excluding hydrogens is 294 g/mol. The van der Waals surface area contributed by atoms with E-state index in [2.05, 4.69) is 43.3 Å². The highest BCUT2D eigenvalue weighted by Gasteiger charge is 2.21. The largest absolute Gasteiger partial charge is 0.335 e. The molecule has 0 unspecified atom stereocenters. The van der Waals surface area contributed by atoms with Crippen LogP contribution < -0.4 is 10.6 Å². The van der Waals surface area contributed by atoms with E-state index < -0.39 is 0 Å². The van der Waals surface area contributed by atoms with Gasteiger partial charge in [-0.15, -0.1) is 11.3 Å². The van der Waals surface area contributed by atoms with Crippen LogP contribution in [0.25, 0.3) is 0 Å². The molecule has 1 aliphatic rings. The maximum Gasteiger partial charge on any atom is 0.315 e. The summed E-state index contributed by atoms with van der Waals surface area (Å²) in [7, 11) is 0. The van der Waals surface area contributed by atoms with E-state index in [4.69, 9.17) is 0 Å². The van der Waals surface area contributed by atoms with Gasteiger partial charge in [-0.1, -0.05) is 34.1 Å². The highest BCUT2D eigenvalue weighted by Crippen LogP contribution is 2.27. The average Bonchev–Trinajstić information content (AvgIpc) is 2.95. The van der Waals surface area contributed by atoms with Crippen LogP contribution in [0.4, 0.5) is 4.79 Å². The lowest BCUT2D eigenvalue weighted by molar-refractivity contribution is 0.226. The lowest BCUT2D eigenvalue weighted by Gasteiger charge is -2.28. The molecule has 0 bridgehead atoms. The number of thiazole rings is 1. The molecule has 1 aromatic rings. The van der Waals surface area contributed by atoms with Gasteiger partial charge >= 0.3 is 6.03 Å². The van der Waals surface area contributed by atoms with Crippen molar-refractivity contribution < 1.29 is 4.79 Å². The molecule has 124 valence electrons. The molecule has 2 rings (SSSR count). The Morgan fingerprint density at radius 2 is 2.00 bits per heavy atom. The van der Waals surface area contributed by atoms with Crippen LogP contribution >= 0.6 is 11.3 Å². The standard InChI is InChI=1S/C17H29N3OS/c1-5-12-6-8-13(9-7-12)20-16(21)18-10-14-11-22-15(19-14)17(2,3)4/h11-13H,5-10H2,1-4H3,(H2,18,20,21). The SMILES string of the molecule is CCC1CCC(NC(=O)NCc2csc(C(C)(C)C)n2)CC1. The molecule has 1 fully saturated rings. The summed E-state index contributed by atoms with van der Waals surface area (Å²) in [4.78, 5) is 16.6. The molecule has 0 aliphatic heterocycles. The monoisotopic (exact) mass is 323 g/mol. The van der Waals surface area contributed by atoms with Crippen molar-refractivity contribution in [3.05, 3.63) is 16.1 Å². The molecule has 1 saturated carbocycles. The Morgan fingerprint density at radius 1 is 1.32 bits per heavy atom. The van der Waals surface area contributed by atoms with E-state index in [-0.39, 0.29) is 11.4 Å². The van der Waals surface area contributed by atoms with Crippen LogP contribution in [-0.2, 0) is 12.0 Å². The van der Waals surface area contributed by atoms with Gasteiger partial charge < -0.3 is 10.6 Å². The Labute approximate surface area is 138 Å². The van der Waals surface area contributed by atoms with Gasteiger partial charge in [0.15, 0.2) is 0 Å². The Morgan fingerprint density at radius 3 is 2.55 bits per heavy atom. The molecule has 1 aliphatic carbocycles. The summed E-state index contributed by atoms with van der Waals surface area (Å²) in [6.07, 6.45) is 5.96. The van der Waals surface area contributed by atoms with Gasteiger partial charge in [0.25, 0.3) is 0 Å². The second-order valence-corrected chi connectivity index (χ2v) is 8.21. The minimum Gasteiger partial charge on any atom is -0.335 e. The number of aromatic nitrogens is 1. The van der Waals surface area contributed by atoms with Crippen molar-refractivity contribution in [3.63, 3.8) is 0 Å². The lowest BCUT2D eigenvalue weighted by Crippen LogP contribution is -2.43.